The van der Waals surface area contributed by atoms with Crippen LogP contribution in [0.2, 0.25) is 0 Å². The molecule has 0 aliphatic heterocycles. The summed E-state index contributed by atoms with van der Waals surface area (Å²) in [5, 5.41) is 6.82. The number of amides is 2. The average Bonchev–Trinajstić information content (AvgIpc) is 3.43. The van der Waals surface area contributed by atoms with E-state index >= 15 is 0 Å². The molecule has 0 bridgehead atoms. The fourth-order valence-electron chi connectivity index (χ4n) is 3.14. The van der Waals surface area contributed by atoms with Crippen molar-refractivity contribution in [3.8, 4) is 0 Å². The molecular formula is C21H21N3O2. The molecule has 2 amide bonds. The Labute approximate surface area is 151 Å². The lowest BCUT2D eigenvalue weighted by Crippen LogP contribution is -2.23. The van der Waals surface area contributed by atoms with Gasteiger partial charge in [-0.15, -0.1) is 0 Å². The van der Waals surface area contributed by atoms with Gasteiger partial charge in [0.25, 0.3) is 5.91 Å². The van der Waals surface area contributed by atoms with Crippen molar-refractivity contribution in [2.45, 2.75) is 26.3 Å². The van der Waals surface area contributed by atoms with Gasteiger partial charge in [-0.2, -0.15) is 0 Å². The number of benzene rings is 2. The summed E-state index contributed by atoms with van der Waals surface area (Å²) >= 11 is 0. The zero-order chi connectivity index (χ0) is 18.1. The number of anilines is 1. The number of para-hydroxylation sites is 1. The van der Waals surface area contributed by atoms with Gasteiger partial charge in [-0.05, 0) is 43.5 Å². The molecule has 1 aliphatic carbocycles. The van der Waals surface area contributed by atoms with Crippen molar-refractivity contribution >= 4 is 28.4 Å². The Bertz CT molecular complexity index is 969. The van der Waals surface area contributed by atoms with Crippen LogP contribution in [-0.4, -0.2) is 16.8 Å². The molecule has 5 heteroatoms. The van der Waals surface area contributed by atoms with Crippen LogP contribution in [0, 0.1) is 12.8 Å². The van der Waals surface area contributed by atoms with Crippen LogP contribution in [-0.2, 0) is 11.3 Å². The number of nitrogens with one attached hydrogen (secondary N) is 3. The number of rotatable bonds is 5. The number of hydrogen-bond donors (Lipinski definition) is 3. The van der Waals surface area contributed by atoms with Gasteiger partial charge in [0.15, 0.2) is 0 Å². The van der Waals surface area contributed by atoms with Crippen molar-refractivity contribution in [1.29, 1.82) is 0 Å². The van der Waals surface area contributed by atoms with Crippen LogP contribution in [0.4, 0.5) is 5.69 Å². The number of hydrogen-bond acceptors (Lipinski definition) is 2. The summed E-state index contributed by atoms with van der Waals surface area (Å²) in [4.78, 5) is 27.6. The first-order chi connectivity index (χ1) is 12.6. The smallest absolute Gasteiger partial charge is 0.253 e. The van der Waals surface area contributed by atoms with Gasteiger partial charge in [0.05, 0.1) is 5.56 Å². The molecule has 1 saturated carbocycles. The molecule has 0 radical (unpaired) electrons. The topological polar surface area (TPSA) is 74.0 Å². The summed E-state index contributed by atoms with van der Waals surface area (Å²) < 4.78 is 0. The molecule has 2 aromatic carbocycles. The Balaban J connectivity index is 1.40. The van der Waals surface area contributed by atoms with Crippen LogP contribution in [0.1, 0.15) is 34.5 Å². The highest BCUT2D eigenvalue weighted by Gasteiger charge is 2.29. The number of fused-ring (bicyclic) bond motifs is 1. The third kappa shape index (κ3) is 3.33. The summed E-state index contributed by atoms with van der Waals surface area (Å²) in [5.41, 5.74) is 4.30. The fourth-order valence-corrected chi connectivity index (χ4v) is 3.14. The van der Waals surface area contributed by atoms with E-state index in [1.165, 1.54) is 0 Å². The van der Waals surface area contributed by atoms with Gasteiger partial charge in [0.2, 0.25) is 5.91 Å². The van der Waals surface area contributed by atoms with Crippen molar-refractivity contribution in [2.75, 3.05) is 5.32 Å². The largest absolute Gasteiger partial charge is 0.358 e. The maximum atomic E-state index is 12.6. The molecule has 4 rings (SSSR count). The van der Waals surface area contributed by atoms with Crippen LogP contribution in [0.5, 0.6) is 0 Å². The highest BCUT2D eigenvalue weighted by molar-refractivity contribution is 6.08. The number of aromatic amines is 1. The monoisotopic (exact) mass is 347 g/mol. The summed E-state index contributed by atoms with van der Waals surface area (Å²) in [5.74, 6) is 0.195. The maximum Gasteiger partial charge on any atom is 0.253 e. The van der Waals surface area contributed by atoms with Crippen LogP contribution in [0.15, 0.2) is 48.5 Å². The van der Waals surface area contributed by atoms with Crippen molar-refractivity contribution in [1.82, 2.24) is 10.3 Å². The SMILES string of the molecule is Cc1[nH]c2ccccc2c1C(=O)NCc1ccc(NC(=O)C2CC2)cc1. The predicted molar refractivity (Wildman–Crippen MR) is 102 cm³/mol. The zero-order valence-electron chi connectivity index (χ0n) is 14.6. The third-order valence-electron chi connectivity index (χ3n) is 4.74. The quantitative estimate of drug-likeness (QED) is 0.657. The Morgan fingerprint density at radius 1 is 1.08 bits per heavy atom. The maximum absolute atomic E-state index is 12.6. The first-order valence-electron chi connectivity index (χ1n) is 8.87. The summed E-state index contributed by atoms with van der Waals surface area (Å²) in [7, 11) is 0. The van der Waals surface area contributed by atoms with Crippen LogP contribution in [0.25, 0.3) is 10.9 Å². The molecule has 0 atom stereocenters. The lowest BCUT2D eigenvalue weighted by atomic mass is 10.1. The van der Waals surface area contributed by atoms with E-state index in [1.54, 1.807) is 0 Å². The van der Waals surface area contributed by atoms with Crippen molar-refractivity contribution < 1.29 is 9.59 Å². The molecule has 0 spiro atoms. The van der Waals surface area contributed by atoms with Gasteiger partial charge < -0.3 is 15.6 Å². The van der Waals surface area contributed by atoms with E-state index in [9.17, 15) is 9.59 Å². The first-order valence-corrected chi connectivity index (χ1v) is 8.87. The minimum Gasteiger partial charge on any atom is -0.358 e. The van der Waals surface area contributed by atoms with E-state index in [1.807, 2.05) is 55.5 Å². The second kappa shape index (κ2) is 6.67. The normalized spacial score (nSPS) is 13.6. The van der Waals surface area contributed by atoms with Gasteiger partial charge in [-0.3, -0.25) is 9.59 Å². The molecule has 3 N–H and O–H groups in total. The van der Waals surface area contributed by atoms with E-state index in [2.05, 4.69) is 15.6 Å². The molecule has 1 heterocycles. The van der Waals surface area contributed by atoms with Crippen molar-refractivity contribution in [2.24, 2.45) is 5.92 Å². The zero-order valence-corrected chi connectivity index (χ0v) is 14.6. The Morgan fingerprint density at radius 2 is 1.81 bits per heavy atom. The molecule has 132 valence electrons. The Kier molecular flexibility index (Phi) is 4.21. The summed E-state index contributed by atoms with van der Waals surface area (Å²) in [6.07, 6.45) is 1.98. The molecule has 0 unspecified atom stereocenters. The van der Waals surface area contributed by atoms with Gasteiger partial charge >= 0.3 is 0 Å². The second-order valence-corrected chi connectivity index (χ2v) is 6.81. The molecule has 3 aromatic rings. The summed E-state index contributed by atoms with van der Waals surface area (Å²) in [6.45, 7) is 2.35. The van der Waals surface area contributed by atoms with Crippen LogP contribution >= 0.6 is 0 Å². The lowest BCUT2D eigenvalue weighted by molar-refractivity contribution is -0.117. The van der Waals surface area contributed by atoms with Gasteiger partial charge in [-0.25, -0.2) is 0 Å². The van der Waals surface area contributed by atoms with E-state index in [4.69, 9.17) is 0 Å². The van der Waals surface area contributed by atoms with Gasteiger partial charge in [0.1, 0.15) is 0 Å². The van der Waals surface area contributed by atoms with Crippen molar-refractivity contribution in [3.63, 3.8) is 0 Å². The first kappa shape index (κ1) is 16.4. The number of carbonyl (C=O) groups is 2. The van der Waals surface area contributed by atoms with Crippen molar-refractivity contribution in [3.05, 3.63) is 65.4 Å². The van der Waals surface area contributed by atoms with Crippen LogP contribution in [0.3, 0.4) is 0 Å². The molecule has 26 heavy (non-hydrogen) atoms. The predicted octanol–water partition coefficient (Wildman–Crippen LogP) is 3.75. The number of aryl methyl sites for hydroxylation is 1. The minimum absolute atomic E-state index is 0.0916. The summed E-state index contributed by atoms with van der Waals surface area (Å²) in [6, 6.07) is 15.4. The molecule has 1 fully saturated rings. The number of H-pyrrole nitrogens is 1. The van der Waals surface area contributed by atoms with E-state index in [0.29, 0.717) is 12.1 Å². The minimum atomic E-state index is -0.0916. The number of carbonyl (C=O) groups excluding carboxylic acids is 2. The lowest BCUT2D eigenvalue weighted by Gasteiger charge is -2.08. The fraction of sp³-hybridized carbons (Fsp3) is 0.238. The van der Waals surface area contributed by atoms with Crippen LogP contribution < -0.4 is 10.6 Å². The second-order valence-electron chi connectivity index (χ2n) is 6.81. The Morgan fingerprint density at radius 3 is 2.54 bits per heavy atom. The van der Waals surface area contributed by atoms with E-state index in [-0.39, 0.29) is 17.7 Å². The molecule has 0 saturated heterocycles. The molecule has 5 nitrogen and oxygen atoms in total. The van der Waals surface area contributed by atoms with Gasteiger partial charge in [0, 0.05) is 34.7 Å². The van der Waals surface area contributed by atoms with E-state index < -0.39 is 0 Å². The molecule has 1 aromatic heterocycles. The Hall–Kier alpha value is -3.08. The highest BCUT2D eigenvalue weighted by atomic mass is 16.2. The third-order valence-corrected chi connectivity index (χ3v) is 4.74. The molecule has 1 aliphatic rings. The van der Waals surface area contributed by atoms with Gasteiger partial charge in [-0.1, -0.05) is 30.3 Å². The van der Waals surface area contributed by atoms with E-state index in [0.717, 1.165) is 40.7 Å². The highest BCUT2D eigenvalue weighted by Crippen LogP contribution is 2.30. The average molecular weight is 347 g/mol. The standard InChI is InChI=1S/C21H21N3O2/c1-13-19(17-4-2-3-5-18(17)23-13)21(26)22-12-14-6-10-16(11-7-14)24-20(25)15-8-9-15/h2-7,10-11,15,23H,8-9,12H2,1H3,(H,22,26)(H,24,25). The molecular weight excluding hydrogens is 326 g/mol. The number of aromatic nitrogens is 1.